The number of amides is 3. The Labute approximate surface area is 143 Å². The van der Waals surface area contributed by atoms with Crippen molar-refractivity contribution in [3.05, 3.63) is 0 Å². The third kappa shape index (κ3) is 4.61. The van der Waals surface area contributed by atoms with E-state index in [1.54, 1.807) is 4.90 Å². The number of hydrogen-bond donors (Lipinski definition) is 2. The molecule has 1 unspecified atom stereocenters. The van der Waals surface area contributed by atoms with Gasteiger partial charge in [-0.3, -0.25) is 4.79 Å². The van der Waals surface area contributed by atoms with Gasteiger partial charge >= 0.3 is 12.0 Å². The highest BCUT2D eigenvalue weighted by Gasteiger charge is 2.37. The molecule has 2 N–H and O–H groups in total. The monoisotopic (exact) mass is 339 g/mol. The number of piperidine rings is 2. The number of carboxylic acids is 1. The van der Waals surface area contributed by atoms with Crippen molar-refractivity contribution < 1.29 is 19.5 Å². The van der Waals surface area contributed by atoms with E-state index in [1.807, 2.05) is 13.8 Å². The molecule has 0 aromatic carbocycles. The predicted octanol–water partition coefficient (Wildman–Crippen LogP) is 1.53. The van der Waals surface area contributed by atoms with Crippen LogP contribution in [0.5, 0.6) is 0 Å². The van der Waals surface area contributed by atoms with E-state index >= 15 is 0 Å². The molecule has 0 aliphatic carbocycles. The average molecular weight is 339 g/mol. The summed E-state index contributed by atoms with van der Waals surface area (Å²) in [5, 5.41) is 12.2. The predicted molar refractivity (Wildman–Crippen MR) is 89.5 cm³/mol. The summed E-state index contributed by atoms with van der Waals surface area (Å²) < 4.78 is 0. The van der Waals surface area contributed by atoms with E-state index in [9.17, 15) is 19.5 Å². The average Bonchev–Trinajstić information content (AvgIpc) is 2.59. The second-order valence-corrected chi connectivity index (χ2v) is 7.25. The number of nitrogens with one attached hydrogen (secondary N) is 1. The first-order valence-corrected chi connectivity index (χ1v) is 8.96. The van der Waals surface area contributed by atoms with Crippen molar-refractivity contribution in [2.75, 3.05) is 26.2 Å². The summed E-state index contributed by atoms with van der Waals surface area (Å²) in [6.45, 7) is 6.21. The first kappa shape index (κ1) is 18.5. The number of carbonyl (C=O) groups is 3. The zero-order valence-corrected chi connectivity index (χ0v) is 14.7. The molecule has 0 spiro atoms. The number of likely N-dealkylation sites (tertiary alicyclic amines) is 2. The van der Waals surface area contributed by atoms with Crippen molar-refractivity contribution in [2.45, 2.75) is 52.0 Å². The van der Waals surface area contributed by atoms with Crippen LogP contribution in [0.1, 0.15) is 46.0 Å². The quantitative estimate of drug-likeness (QED) is 0.813. The van der Waals surface area contributed by atoms with Crippen LogP contribution in [0.15, 0.2) is 0 Å². The van der Waals surface area contributed by atoms with Gasteiger partial charge in [0, 0.05) is 26.2 Å². The maximum atomic E-state index is 12.8. The van der Waals surface area contributed by atoms with E-state index in [0.717, 1.165) is 25.7 Å². The van der Waals surface area contributed by atoms with Gasteiger partial charge < -0.3 is 20.2 Å². The molecule has 24 heavy (non-hydrogen) atoms. The van der Waals surface area contributed by atoms with Crippen molar-refractivity contribution in [3.63, 3.8) is 0 Å². The van der Waals surface area contributed by atoms with Crippen molar-refractivity contribution >= 4 is 17.9 Å². The number of carbonyl (C=O) groups excluding carboxylic acids is 2. The summed E-state index contributed by atoms with van der Waals surface area (Å²) in [5.41, 5.74) is 0. The lowest BCUT2D eigenvalue weighted by atomic mass is 9.93. The summed E-state index contributed by atoms with van der Waals surface area (Å²) in [4.78, 5) is 39.6. The van der Waals surface area contributed by atoms with Gasteiger partial charge in [-0.2, -0.15) is 0 Å². The van der Waals surface area contributed by atoms with E-state index in [-0.39, 0.29) is 17.9 Å². The number of aliphatic carboxylic acids is 1. The molecule has 0 saturated carbocycles. The van der Waals surface area contributed by atoms with Gasteiger partial charge in [-0.1, -0.05) is 13.8 Å². The van der Waals surface area contributed by atoms with Crippen LogP contribution in [-0.4, -0.2) is 65.0 Å². The first-order valence-electron chi connectivity index (χ1n) is 8.96. The molecule has 0 aromatic heterocycles. The highest BCUT2D eigenvalue weighted by atomic mass is 16.4. The summed E-state index contributed by atoms with van der Waals surface area (Å²) in [6, 6.07) is -0.842. The second-order valence-electron chi connectivity index (χ2n) is 7.25. The van der Waals surface area contributed by atoms with Crippen LogP contribution in [0.25, 0.3) is 0 Å². The van der Waals surface area contributed by atoms with Crippen molar-refractivity contribution in [2.24, 2.45) is 11.8 Å². The van der Waals surface area contributed by atoms with Crippen molar-refractivity contribution in [1.29, 1.82) is 0 Å². The molecule has 0 aromatic rings. The highest BCUT2D eigenvalue weighted by molar-refractivity contribution is 5.86. The van der Waals surface area contributed by atoms with Crippen LogP contribution in [0.4, 0.5) is 4.79 Å². The Morgan fingerprint density at radius 1 is 1.12 bits per heavy atom. The van der Waals surface area contributed by atoms with Crippen LogP contribution in [0.3, 0.4) is 0 Å². The maximum absolute atomic E-state index is 12.8. The van der Waals surface area contributed by atoms with E-state index in [4.69, 9.17) is 0 Å². The third-order valence-electron chi connectivity index (χ3n) is 4.79. The SMILES string of the molecule is CC(C)CNC(=O)N1CCCC(C(=O)N2CCCC[C@@H]2C(=O)O)C1. The molecular weight excluding hydrogens is 310 g/mol. The Morgan fingerprint density at radius 2 is 1.88 bits per heavy atom. The molecule has 3 amide bonds. The molecule has 2 aliphatic rings. The molecule has 136 valence electrons. The van der Waals surface area contributed by atoms with E-state index in [2.05, 4.69) is 5.32 Å². The van der Waals surface area contributed by atoms with Crippen LogP contribution < -0.4 is 5.32 Å². The van der Waals surface area contributed by atoms with Crippen LogP contribution in [-0.2, 0) is 9.59 Å². The zero-order valence-electron chi connectivity index (χ0n) is 14.7. The zero-order chi connectivity index (χ0) is 17.7. The van der Waals surface area contributed by atoms with E-state index in [0.29, 0.717) is 38.5 Å². The Bertz CT molecular complexity index is 480. The topological polar surface area (TPSA) is 90.0 Å². The van der Waals surface area contributed by atoms with Gasteiger partial charge in [-0.25, -0.2) is 9.59 Å². The lowest BCUT2D eigenvalue weighted by molar-refractivity contribution is -0.154. The molecule has 0 radical (unpaired) electrons. The largest absolute Gasteiger partial charge is 0.480 e. The minimum Gasteiger partial charge on any atom is -0.480 e. The molecule has 2 heterocycles. The highest BCUT2D eigenvalue weighted by Crippen LogP contribution is 2.24. The molecule has 2 saturated heterocycles. The van der Waals surface area contributed by atoms with Gasteiger partial charge in [-0.15, -0.1) is 0 Å². The fourth-order valence-corrected chi connectivity index (χ4v) is 3.45. The molecule has 7 nitrogen and oxygen atoms in total. The van der Waals surface area contributed by atoms with Gasteiger partial charge in [0.1, 0.15) is 6.04 Å². The smallest absolute Gasteiger partial charge is 0.326 e. The molecular formula is C17H29N3O4. The summed E-state index contributed by atoms with van der Waals surface area (Å²) in [7, 11) is 0. The molecule has 2 rings (SSSR count). The number of rotatable bonds is 4. The van der Waals surface area contributed by atoms with Crippen LogP contribution >= 0.6 is 0 Å². The lowest BCUT2D eigenvalue weighted by Crippen LogP contribution is -2.54. The minimum absolute atomic E-state index is 0.108. The Balaban J connectivity index is 1.96. The molecule has 2 fully saturated rings. The first-order chi connectivity index (χ1) is 11.4. The van der Waals surface area contributed by atoms with Crippen molar-refractivity contribution in [1.82, 2.24) is 15.1 Å². The molecule has 2 atom stereocenters. The van der Waals surface area contributed by atoms with Crippen molar-refractivity contribution in [3.8, 4) is 0 Å². The molecule has 0 bridgehead atoms. The van der Waals surface area contributed by atoms with Gasteiger partial charge in [0.05, 0.1) is 5.92 Å². The van der Waals surface area contributed by atoms with Crippen LogP contribution in [0.2, 0.25) is 0 Å². The number of urea groups is 1. The maximum Gasteiger partial charge on any atom is 0.326 e. The fraction of sp³-hybridized carbons (Fsp3) is 0.824. The Kier molecular flexibility index (Phi) is 6.45. The van der Waals surface area contributed by atoms with E-state index < -0.39 is 12.0 Å². The third-order valence-corrected chi connectivity index (χ3v) is 4.79. The molecule has 2 aliphatic heterocycles. The molecule has 7 heteroatoms. The fourth-order valence-electron chi connectivity index (χ4n) is 3.45. The van der Waals surface area contributed by atoms with Gasteiger partial charge in [-0.05, 0) is 38.0 Å². The number of nitrogens with zero attached hydrogens (tertiary/aromatic N) is 2. The Hall–Kier alpha value is -1.79. The number of hydrogen-bond acceptors (Lipinski definition) is 3. The second kappa shape index (κ2) is 8.35. The van der Waals surface area contributed by atoms with Gasteiger partial charge in [0.2, 0.25) is 5.91 Å². The van der Waals surface area contributed by atoms with Crippen LogP contribution in [0, 0.1) is 11.8 Å². The normalized spacial score (nSPS) is 24.8. The Morgan fingerprint density at radius 3 is 2.54 bits per heavy atom. The van der Waals surface area contributed by atoms with E-state index in [1.165, 1.54) is 4.90 Å². The summed E-state index contributed by atoms with van der Waals surface area (Å²) in [6.07, 6.45) is 3.70. The minimum atomic E-state index is -0.926. The number of carboxylic acid groups (broad SMARTS) is 1. The lowest BCUT2D eigenvalue weighted by Gasteiger charge is -2.38. The standard InChI is InChI=1S/C17H29N3O4/c1-12(2)10-18-17(24)19-8-5-6-13(11-19)15(21)20-9-4-3-7-14(20)16(22)23/h12-14H,3-11H2,1-2H3,(H,18,24)(H,22,23)/t13?,14-/m1/s1. The summed E-state index contributed by atoms with van der Waals surface area (Å²) >= 11 is 0. The van der Waals surface area contributed by atoms with Gasteiger partial charge in [0.25, 0.3) is 0 Å². The summed E-state index contributed by atoms with van der Waals surface area (Å²) in [5.74, 6) is -0.946. The van der Waals surface area contributed by atoms with Gasteiger partial charge in [0.15, 0.2) is 0 Å².